The Bertz CT molecular complexity index is 521. The molecule has 1 saturated heterocycles. The van der Waals surface area contributed by atoms with E-state index in [-0.39, 0.29) is 35.8 Å². The molecule has 0 aliphatic carbocycles. The quantitative estimate of drug-likeness (QED) is 0.233. The summed E-state index contributed by atoms with van der Waals surface area (Å²) in [5, 5.41) is 6.59. The van der Waals surface area contributed by atoms with Gasteiger partial charge in [-0.05, 0) is 44.5 Å². The van der Waals surface area contributed by atoms with Crippen molar-refractivity contribution >= 4 is 35.8 Å². The molecule has 1 atom stereocenters. The molecular weight excluding hydrogens is 433 g/mol. The van der Waals surface area contributed by atoms with Crippen molar-refractivity contribution in [2.24, 2.45) is 16.6 Å². The Morgan fingerprint density at radius 2 is 2.24 bits per heavy atom. The van der Waals surface area contributed by atoms with Crippen molar-refractivity contribution < 1.29 is 9.21 Å². The van der Waals surface area contributed by atoms with Gasteiger partial charge in [-0.2, -0.15) is 0 Å². The molecule has 1 unspecified atom stereocenters. The van der Waals surface area contributed by atoms with Crippen LogP contribution in [-0.4, -0.2) is 56.5 Å². The molecule has 0 spiro atoms. The summed E-state index contributed by atoms with van der Waals surface area (Å²) in [5.41, 5.74) is 5.41. The summed E-state index contributed by atoms with van der Waals surface area (Å²) >= 11 is 0. The number of amides is 1. The van der Waals surface area contributed by atoms with Gasteiger partial charge < -0.3 is 25.7 Å². The number of primary amides is 1. The fourth-order valence-corrected chi connectivity index (χ4v) is 2.98. The zero-order valence-corrected chi connectivity index (χ0v) is 17.2. The standard InChI is InChI=1S/C17H29N5O2.HI/c1-19-17(21-9-7-15-6-3-12-24-15)20-8-4-11-22-10-2-5-14(13-22)16(18)23;/h3,6,12,14H,2,4-5,7-11,13H2,1H3,(H2,18,23)(H2,19,20,21);1H. The topological polar surface area (TPSA) is 95.9 Å². The smallest absolute Gasteiger partial charge is 0.221 e. The average molecular weight is 463 g/mol. The van der Waals surface area contributed by atoms with Gasteiger partial charge >= 0.3 is 0 Å². The molecule has 0 bridgehead atoms. The van der Waals surface area contributed by atoms with Crippen LogP contribution in [0.3, 0.4) is 0 Å². The molecule has 1 aliphatic rings. The lowest BCUT2D eigenvalue weighted by Crippen LogP contribution is -2.43. The van der Waals surface area contributed by atoms with Crippen LogP contribution in [0.25, 0.3) is 0 Å². The first kappa shape index (κ1) is 21.8. The number of aliphatic imine (C=N–C) groups is 1. The van der Waals surface area contributed by atoms with Crippen molar-refractivity contribution in [1.82, 2.24) is 15.5 Å². The van der Waals surface area contributed by atoms with Crippen molar-refractivity contribution in [1.29, 1.82) is 0 Å². The van der Waals surface area contributed by atoms with Gasteiger partial charge in [0.2, 0.25) is 5.91 Å². The van der Waals surface area contributed by atoms with Crippen molar-refractivity contribution in [3.63, 3.8) is 0 Å². The number of nitrogens with two attached hydrogens (primary N) is 1. The van der Waals surface area contributed by atoms with E-state index >= 15 is 0 Å². The van der Waals surface area contributed by atoms with Crippen LogP contribution in [0, 0.1) is 5.92 Å². The molecule has 1 amide bonds. The third kappa shape index (κ3) is 8.08. The van der Waals surface area contributed by atoms with Gasteiger partial charge in [0.15, 0.2) is 5.96 Å². The second-order valence-corrected chi connectivity index (χ2v) is 6.15. The summed E-state index contributed by atoms with van der Waals surface area (Å²) in [7, 11) is 1.77. The minimum atomic E-state index is -0.168. The van der Waals surface area contributed by atoms with E-state index in [0.29, 0.717) is 0 Å². The first-order chi connectivity index (χ1) is 11.7. The first-order valence-corrected chi connectivity index (χ1v) is 8.67. The van der Waals surface area contributed by atoms with E-state index in [2.05, 4.69) is 20.5 Å². The highest BCUT2D eigenvalue weighted by Crippen LogP contribution is 2.15. The molecule has 1 fully saturated rings. The number of hydrogen-bond acceptors (Lipinski definition) is 4. The van der Waals surface area contributed by atoms with Crippen molar-refractivity contribution in [3.8, 4) is 0 Å². The van der Waals surface area contributed by atoms with Gasteiger partial charge in [-0.25, -0.2) is 0 Å². The van der Waals surface area contributed by atoms with E-state index in [0.717, 1.165) is 70.1 Å². The number of carbonyl (C=O) groups excluding carboxylic acids is 1. The van der Waals surface area contributed by atoms with E-state index in [1.165, 1.54) is 0 Å². The van der Waals surface area contributed by atoms with E-state index in [1.807, 2.05) is 12.1 Å². The van der Waals surface area contributed by atoms with Crippen molar-refractivity contribution in [2.45, 2.75) is 25.7 Å². The highest BCUT2D eigenvalue weighted by molar-refractivity contribution is 14.0. The van der Waals surface area contributed by atoms with E-state index in [9.17, 15) is 4.79 Å². The van der Waals surface area contributed by atoms with Crippen LogP contribution in [0.5, 0.6) is 0 Å². The molecular formula is C17H30IN5O2. The Morgan fingerprint density at radius 1 is 1.44 bits per heavy atom. The highest BCUT2D eigenvalue weighted by atomic mass is 127. The van der Waals surface area contributed by atoms with Gasteiger partial charge in [0.05, 0.1) is 12.2 Å². The average Bonchev–Trinajstić information content (AvgIpc) is 3.10. The maximum Gasteiger partial charge on any atom is 0.221 e. The molecule has 2 heterocycles. The normalized spacial score (nSPS) is 18.4. The highest BCUT2D eigenvalue weighted by Gasteiger charge is 2.23. The third-order valence-electron chi connectivity index (χ3n) is 4.32. The number of guanidine groups is 1. The molecule has 1 aromatic rings. The Balaban J connectivity index is 0.00000312. The summed E-state index contributed by atoms with van der Waals surface area (Å²) in [6.45, 7) is 4.45. The van der Waals surface area contributed by atoms with E-state index in [4.69, 9.17) is 10.2 Å². The molecule has 8 heteroatoms. The molecule has 142 valence electrons. The lowest BCUT2D eigenvalue weighted by molar-refractivity contribution is -0.123. The van der Waals surface area contributed by atoms with Gasteiger partial charge in [-0.15, -0.1) is 24.0 Å². The maximum atomic E-state index is 11.3. The number of nitrogens with zero attached hydrogens (tertiary/aromatic N) is 2. The Kier molecular flexibility index (Phi) is 10.6. The van der Waals surface area contributed by atoms with Crippen LogP contribution in [0.2, 0.25) is 0 Å². The summed E-state index contributed by atoms with van der Waals surface area (Å²) in [4.78, 5) is 17.8. The van der Waals surface area contributed by atoms with Gasteiger partial charge in [0.1, 0.15) is 5.76 Å². The van der Waals surface area contributed by atoms with Gasteiger partial charge in [-0.3, -0.25) is 9.79 Å². The summed E-state index contributed by atoms with van der Waals surface area (Å²) in [5.74, 6) is 1.61. The largest absolute Gasteiger partial charge is 0.469 e. The Morgan fingerprint density at radius 3 is 2.92 bits per heavy atom. The van der Waals surface area contributed by atoms with Crippen molar-refractivity contribution in [3.05, 3.63) is 24.2 Å². The fourth-order valence-electron chi connectivity index (χ4n) is 2.98. The molecule has 0 radical (unpaired) electrons. The second kappa shape index (κ2) is 12.1. The van der Waals surface area contributed by atoms with Crippen LogP contribution in [-0.2, 0) is 11.2 Å². The SMILES string of the molecule is CN=C(NCCCN1CCCC(C(N)=O)C1)NCCc1ccco1.I. The molecule has 0 aromatic carbocycles. The second-order valence-electron chi connectivity index (χ2n) is 6.15. The number of nitrogens with one attached hydrogen (secondary N) is 2. The molecule has 1 aromatic heterocycles. The monoisotopic (exact) mass is 463 g/mol. The molecule has 4 N–H and O–H groups in total. The lowest BCUT2D eigenvalue weighted by atomic mass is 9.97. The van der Waals surface area contributed by atoms with Crippen LogP contribution in [0.4, 0.5) is 0 Å². The lowest BCUT2D eigenvalue weighted by Gasteiger charge is -2.31. The number of likely N-dealkylation sites (tertiary alicyclic amines) is 1. The zero-order valence-electron chi connectivity index (χ0n) is 14.9. The van der Waals surface area contributed by atoms with Gasteiger partial charge in [0.25, 0.3) is 0 Å². The van der Waals surface area contributed by atoms with E-state index in [1.54, 1.807) is 13.3 Å². The Labute approximate surface area is 166 Å². The van der Waals surface area contributed by atoms with Crippen molar-refractivity contribution in [2.75, 3.05) is 39.8 Å². The number of rotatable bonds is 8. The first-order valence-electron chi connectivity index (χ1n) is 8.67. The third-order valence-corrected chi connectivity index (χ3v) is 4.32. The summed E-state index contributed by atoms with van der Waals surface area (Å²) < 4.78 is 5.30. The Hall–Kier alpha value is -1.29. The number of halogens is 1. The van der Waals surface area contributed by atoms with Crippen LogP contribution >= 0.6 is 24.0 Å². The molecule has 2 rings (SSSR count). The number of furan rings is 1. The molecule has 1 aliphatic heterocycles. The molecule has 7 nitrogen and oxygen atoms in total. The summed E-state index contributed by atoms with van der Waals surface area (Å²) in [6.07, 6.45) is 5.50. The molecule has 25 heavy (non-hydrogen) atoms. The predicted octanol–water partition coefficient (Wildman–Crippen LogP) is 1.19. The van der Waals surface area contributed by atoms with E-state index < -0.39 is 0 Å². The number of hydrogen-bond donors (Lipinski definition) is 3. The predicted molar refractivity (Wildman–Crippen MR) is 110 cm³/mol. The minimum absolute atomic E-state index is 0. The maximum absolute atomic E-state index is 11.3. The number of carbonyl (C=O) groups is 1. The number of piperidine rings is 1. The van der Waals surface area contributed by atoms with Crippen LogP contribution in [0.15, 0.2) is 27.8 Å². The van der Waals surface area contributed by atoms with Gasteiger partial charge in [0, 0.05) is 33.1 Å². The van der Waals surface area contributed by atoms with Crippen LogP contribution in [0.1, 0.15) is 25.0 Å². The molecule has 0 saturated carbocycles. The van der Waals surface area contributed by atoms with Crippen LogP contribution < -0.4 is 16.4 Å². The fraction of sp³-hybridized carbons (Fsp3) is 0.647. The summed E-state index contributed by atoms with van der Waals surface area (Å²) in [6, 6.07) is 3.86. The van der Waals surface area contributed by atoms with Gasteiger partial charge in [-0.1, -0.05) is 0 Å². The minimum Gasteiger partial charge on any atom is -0.469 e. The zero-order chi connectivity index (χ0) is 17.2.